The summed E-state index contributed by atoms with van der Waals surface area (Å²) in [6, 6.07) is 13.8. The summed E-state index contributed by atoms with van der Waals surface area (Å²) in [6.45, 7) is 4.04. The summed E-state index contributed by atoms with van der Waals surface area (Å²) >= 11 is 1.26. The van der Waals surface area contributed by atoms with Gasteiger partial charge in [-0.2, -0.15) is 0 Å². The van der Waals surface area contributed by atoms with E-state index in [2.05, 4.69) is 31.5 Å². The lowest BCUT2D eigenvalue weighted by molar-refractivity contribution is -0.113. The summed E-state index contributed by atoms with van der Waals surface area (Å²) in [5.74, 6) is 0.121. The Labute approximate surface area is 154 Å². The topological polar surface area (TPSA) is 83.6 Å². The number of H-pyrrole nitrogens is 1. The van der Waals surface area contributed by atoms with Gasteiger partial charge in [-0.15, -0.1) is 10.2 Å². The van der Waals surface area contributed by atoms with Crippen LogP contribution in [0.25, 0.3) is 22.1 Å². The number of thioether (sulfide) groups is 1. The van der Waals surface area contributed by atoms with E-state index in [0.29, 0.717) is 10.8 Å². The van der Waals surface area contributed by atoms with E-state index in [1.54, 1.807) is 0 Å². The van der Waals surface area contributed by atoms with Crippen LogP contribution in [0.5, 0.6) is 0 Å². The highest BCUT2D eigenvalue weighted by Gasteiger charge is 2.11. The molecule has 4 rings (SSSR count). The SMILES string of the molecule is Cc1ccc(NC(=O)CSc2nnc3c(n2)[nH]c2ccc(C)cc23)cc1. The summed E-state index contributed by atoms with van der Waals surface area (Å²) < 4.78 is 0. The summed E-state index contributed by atoms with van der Waals surface area (Å²) in [5, 5.41) is 12.8. The molecule has 0 atom stereocenters. The highest BCUT2D eigenvalue weighted by molar-refractivity contribution is 7.99. The smallest absolute Gasteiger partial charge is 0.234 e. The van der Waals surface area contributed by atoms with Crippen LogP contribution in [0.4, 0.5) is 5.69 Å². The molecule has 0 spiro atoms. The fourth-order valence-electron chi connectivity index (χ4n) is 2.70. The van der Waals surface area contributed by atoms with E-state index in [-0.39, 0.29) is 11.7 Å². The van der Waals surface area contributed by atoms with Crippen LogP contribution in [-0.2, 0) is 4.79 Å². The molecule has 0 bridgehead atoms. The first-order valence-corrected chi connectivity index (χ1v) is 9.19. The molecule has 0 fully saturated rings. The minimum atomic E-state index is -0.102. The van der Waals surface area contributed by atoms with Gasteiger partial charge in [0, 0.05) is 16.6 Å². The number of benzene rings is 2. The first-order chi connectivity index (χ1) is 12.6. The molecule has 0 aliphatic carbocycles. The molecule has 2 aromatic heterocycles. The number of amides is 1. The molecule has 2 aromatic carbocycles. The first-order valence-electron chi connectivity index (χ1n) is 8.20. The Balaban J connectivity index is 1.47. The highest BCUT2D eigenvalue weighted by Crippen LogP contribution is 2.24. The van der Waals surface area contributed by atoms with Crippen molar-refractivity contribution in [2.75, 3.05) is 11.1 Å². The second-order valence-corrected chi connectivity index (χ2v) is 7.11. The van der Waals surface area contributed by atoms with Crippen LogP contribution in [0.3, 0.4) is 0 Å². The van der Waals surface area contributed by atoms with Crippen LogP contribution in [0.1, 0.15) is 11.1 Å². The van der Waals surface area contributed by atoms with Crippen molar-refractivity contribution in [3.05, 3.63) is 53.6 Å². The average Bonchev–Trinajstić information content (AvgIpc) is 2.99. The molecule has 0 saturated carbocycles. The van der Waals surface area contributed by atoms with E-state index in [1.165, 1.54) is 11.8 Å². The van der Waals surface area contributed by atoms with Gasteiger partial charge >= 0.3 is 0 Å². The molecule has 0 saturated heterocycles. The van der Waals surface area contributed by atoms with Crippen molar-refractivity contribution in [1.82, 2.24) is 20.2 Å². The Morgan fingerprint density at radius 3 is 2.65 bits per heavy atom. The number of hydrogen-bond donors (Lipinski definition) is 2. The second kappa shape index (κ2) is 6.76. The van der Waals surface area contributed by atoms with Crippen molar-refractivity contribution < 1.29 is 4.79 Å². The molecule has 0 aliphatic rings. The number of aryl methyl sites for hydroxylation is 2. The molecule has 0 aliphatic heterocycles. The molecule has 6 nitrogen and oxygen atoms in total. The van der Waals surface area contributed by atoms with Crippen LogP contribution < -0.4 is 5.32 Å². The van der Waals surface area contributed by atoms with Gasteiger partial charge in [-0.25, -0.2) is 4.98 Å². The largest absolute Gasteiger partial charge is 0.338 e. The molecule has 2 heterocycles. The quantitative estimate of drug-likeness (QED) is 0.538. The summed E-state index contributed by atoms with van der Waals surface area (Å²) in [5.41, 5.74) is 5.50. The third-order valence-electron chi connectivity index (χ3n) is 4.02. The number of nitrogens with one attached hydrogen (secondary N) is 2. The molecule has 0 radical (unpaired) electrons. The highest BCUT2D eigenvalue weighted by atomic mass is 32.2. The molecule has 7 heteroatoms. The van der Waals surface area contributed by atoms with Gasteiger partial charge in [0.05, 0.1) is 5.75 Å². The first kappa shape index (κ1) is 16.5. The number of hydrogen-bond acceptors (Lipinski definition) is 5. The zero-order valence-electron chi connectivity index (χ0n) is 14.4. The van der Waals surface area contributed by atoms with Crippen molar-refractivity contribution in [2.45, 2.75) is 19.0 Å². The van der Waals surface area contributed by atoms with Gasteiger partial charge in [0.25, 0.3) is 0 Å². The van der Waals surface area contributed by atoms with Gasteiger partial charge in [0.1, 0.15) is 5.52 Å². The molecule has 4 aromatic rings. The fraction of sp³-hybridized carbons (Fsp3) is 0.158. The van der Waals surface area contributed by atoms with Crippen LogP contribution in [-0.4, -0.2) is 31.8 Å². The Morgan fingerprint density at radius 2 is 1.85 bits per heavy atom. The lowest BCUT2D eigenvalue weighted by atomic mass is 10.2. The number of nitrogens with zero attached hydrogens (tertiary/aromatic N) is 3. The predicted octanol–water partition coefficient (Wildman–Crippen LogP) is 3.85. The molecule has 2 N–H and O–H groups in total. The Morgan fingerprint density at radius 1 is 1.08 bits per heavy atom. The maximum atomic E-state index is 12.1. The molecule has 26 heavy (non-hydrogen) atoms. The van der Waals surface area contributed by atoms with E-state index in [1.807, 2.05) is 50.2 Å². The van der Waals surface area contributed by atoms with Crippen molar-refractivity contribution in [3.63, 3.8) is 0 Å². The monoisotopic (exact) mass is 363 g/mol. The van der Waals surface area contributed by atoms with Crippen molar-refractivity contribution in [3.8, 4) is 0 Å². The number of aromatic amines is 1. The molecule has 0 unspecified atom stereocenters. The third kappa shape index (κ3) is 3.39. The zero-order chi connectivity index (χ0) is 18.1. The standard InChI is InChI=1S/C19H17N5OS/c1-11-3-6-13(7-4-11)20-16(25)10-26-19-22-18-17(23-24-19)14-9-12(2)5-8-15(14)21-18/h3-9H,10H2,1-2H3,(H,20,25)(H,21,22,24). The fourth-order valence-corrected chi connectivity index (χ4v) is 3.28. The number of carbonyl (C=O) groups excluding carboxylic acids is 1. The minimum Gasteiger partial charge on any atom is -0.338 e. The second-order valence-electron chi connectivity index (χ2n) is 6.17. The van der Waals surface area contributed by atoms with Crippen LogP contribution in [0.2, 0.25) is 0 Å². The molecule has 130 valence electrons. The van der Waals surface area contributed by atoms with Gasteiger partial charge in [-0.05, 0) is 38.1 Å². The van der Waals surface area contributed by atoms with Crippen molar-refractivity contribution in [2.24, 2.45) is 0 Å². The molecule has 1 amide bonds. The molecular weight excluding hydrogens is 346 g/mol. The Hall–Kier alpha value is -2.93. The lowest BCUT2D eigenvalue weighted by Gasteiger charge is -2.04. The number of fused-ring (bicyclic) bond motifs is 3. The average molecular weight is 363 g/mol. The van der Waals surface area contributed by atoms with Crippen molar-refractivity contribution >= 4 is 45.4 Å². The maximum Gasteiger partial charge on any atom is 0.234 e. The Bertz CT molecular complexity index is 1100. The zero-order valence-corrected chi connectivity index (χ0v) is 15.2. The lowest BCUT2D eigenvalue weighted by Crippen LogP contribution is -2.14. The van der Waals surface area contributed by atoms with Gasteiger partial charge < -0.3 is 10.3 Å². The van der Waals surface area contributed by atoms with E-state index in [0.717, 1.165) is 33.2 Å². The van der Waals surface area contributed by atoms with E-state index >= 15 is 0 Å². The number of carbonyl (C=O) groups is 1. The van der Waals surface area contributed by atoms with Crippen LogP contribution in [0.15, 0.2) is 47.6 Å². The van der Waals surface area contributed by atoms with Gasteiger partial charge in [0.15, 0.2) is 5.65 Å². The van der Waals surface area contributed by atoms with Crippen LogP contribution >= 0.6 is 11.8 Å². The summed E-state index contributed by atoms with van der Waals surface area (Å²) in [6.07, 6.45) is 0. The van der Waals surface area contributed by atoms with E-state index < -0.39 is 0 Å². The summed E-state index contributed by atoms with van der Waals surface area (Å²) in [7, 11) is 0. The van der Waals surface area contributed by atoms with Gasteiger partial charge in [0.2, 0.25) is 11.1 Å². The third-order valence-corrected chi connectivity index (χ3v) is 4.86. The number of aromatic nitrogens is 4. The van der Waals surface area contributed by atoms with Gasteiger partial charge in [-0.1, -0.05) is 41.1 Å². The van der Waals surface area contributed by atoms with Crippen LogP contribution in [0, 0.1) is 13.8 Å². The van der Waals surface area contributed by atoms with Gasteiger partial charge in [-0.3, -0.25) is 4.79 Å². The minimum absolute atomic E-state index is 0.102. The van der Waals surface area contributed by atoms with E-state index in [4.69, 9.17) is 0 Å². The number of anilines is 1. The van der Waals surface area contributed by atoms with E-state index in [9.17, 15) is 4.79 Å². The summed E-state index contributed by atoms with van der Waals surface area (Å²) in [4.78, 5) is 19.8. The maximum absolute atomic E-state index is 12.1. The van der Waals surface area contributed by atoms with Crippen molar-refractivity contribution in [1.29, 1.82) is 0 Å². The number of rotatable bonds is 4. The normalized spacial score (nSPS) is 11.2. The predicted molar refractivity (Wildman–Crippen MR) is 104 cm³/mol. The Kier molecular flexibility index (Phi) is 4.30. The molecular formula is C19H17N5OS.